The molecule has 1 amide bonds. The lowest BCUT2D eigenvalue weighted by atomic mass is 10.1. The van der Waals surface area contributed by atoms with Gasteiger partial charge < -0.3 is 10.4 Å². The molecule has 2 rings (SSSR count). The lowest BCUT2D eigenvalue weighted by Gasteiger charge is -2.18. The number of carboxylic acids is 1. The zero-order valence-electron chi connectivity index (χ0n) is 16.0. The summed E-state index contributed by atoms with van der Waals surface area (Å²) in [6, 6.07) is 7.32. The number of rotatable bonds is 8. The molecule has 0 aliphatic rings. The molecule has 0 bridgehead atoms. The van der Waals surface area contributed by atoms with Gasteiger partial charge in [0.15, 0.2) is 0 Å². The second kappa shape index (κ2) is 9.04. The Bertz CT molecular complexity index is 809. The fourth-order valence-corrected chi connectivity index (χ4v) is 2.84. The van der Waals surface area contributed by atoms with Crippen LogP contribution in [-0.2, 0) is 10.3 Å². The largest absolute Gasteiger partial charge is 0.481 e. The van der Waals surface area contributed by atoms with Crippen molar-refractivity contribution in [2.75, 3.05) is 6.54 Å². The summed E-state index contributed by atoms with van der Waals surface area (Å²) in [6.45, 7) is 6.53. The van der Waals surface area contributed by atoms with E-state index in [2.05, 4.69) is 10.4 Å². The van der Waals surface area contributed by atoms with Crippen LogP contribution in [0.1, 0.15) is 56.8 Å². The first kappa shape index (κ1) is 21.0. The molecular formula is C20H26ClN3O3. The van der Waals surface area contributed by atoms with Crippen molar-refractivity contribution in [3.05, 3.63) is 41.0 Å². The Kier molecular flexibility index (Phi) is 7.02. The molecule has 0 radical (unpaired) electrons. The first-order chi connectivity index (χ1) is 12.7. The molecule has 27 heavy (non-hydrogen) atoms. The molecule has 6 nitrogen and oxygen atoms in total. The van der Waals surface area contributed by atoms with Gasteiger partial charge in [-0.3, -0.25) is 14.3 Å². The van der Waals surface area contributed by atoms with Gasteiger partial charge in [0.25, 0.3) is 5.91 Å². The monoisotopic (exact) mass is 391 g/mol. The van der Waals surface area contributed by atoms with Crippen LogP contribution in [-0.4, -0.2) is 33.3 Å². The molecule has 1 heterocycles. The molecule has 1 aromatic heterocycles. The van der Waals surface area contributed by atoms with Gasteiger partial charge in [-0.05, 0) is 39.7 Å². The average Bonchev–Trinajstić information content (AvgIpc) is 3.03. The molecule has 0 spiro atoms. The Morgan fingerprint density at radius 1 is 1.19 bits per heavy atom. The third-order valence-electron chi connectivity index (χ3n) is 4.13. The molecule has 0 aliphatic heterocycles. The summed E-state index contributed by atoms with van der Waals surface area (Å²) in [4.78, 5) is 23.2. The summed E-state index contributed by atoms with van der Waals surface area (Å²) in [5, 5.41) is 16.7. The minimum Gasteiger partial charge on any atom is -0.481 e. The van der Waals surface area contributed by atoms with Gasteiger partial charge in [-0.2, -0.15) is 5.10 Å². The Hall–Kier alpha value is -2.34. The second-order valence-electron chi connectivity index (χ2n) is 7.45. The van der Waals surface area contributed by atoms with Crippen molar-refractivity contribution in [1.29, 1.82) is 0 Å². The molecule has 0 atom stereocenters. The van der Waals surface area contributed by atoms with E-state index >= 15 is 0 Å². The van der Waals surface area contributed by atoms with Crippen LogP contribution in [0.15, 0.2) is 30.5 Å². The standard InChI is InChI=1S/C20H26ClN3O3/c1-20(2,3)24-13-15(18(23-24)14-9-6-7-10-16(14)21)19(27)22-12-8-4-5-11-17(25)26/h6-7,9-10,13H,4-5,8,11-12H2,1-3H3,(H,22,27)(H,25,26). The first-order valence-electron chi connectivity index (χ1n) is 9.05. The number of carbonyl (C=O) groups is 2. The Labute approximate surface area is 164 Å². The highest BCUT2D eigenvalue weighted by atomic mass is 35.5. The van der Waals surface area contributed by atoms with E-state index in [-0.39, 0.29) is 17.9 Å². The quantitative estimate of drug-likeness (QED) is 0.656. The molecule has 7 heteroatoms. The fourth-order valence-electron chi connectivity index (χ4n) is 2.61. The Morgan fingerprint density at radius 3 is 2.52 bits per heavy atom. The number of carboxylic acid groups (broad SMARTS) is 1. The maximum absolute atomic E-state index is 12.7. The van der Waals surface area contributed by atoms with Gasteiger partial charge in [-0.25, -0.2) is 0 Å². The number of amides is 1. The Balaban J connectivity index is 2.15. The van der Waals surface area contributed by atoms with Gasteiger partial charge >= 0.3 is 5.97 Å². The molecule has 0 aliphatic carbocycles. The van der Waals surface area contributed by atoms with Crippen molar-refractivity contribution in [2.24, 2.45) is 0 Å². The van der Waals surface area contributed by atoms with E-state index in [1.807, 2.05) is 39.0 Å². The third-order valence-corrected chi connectivity index (χ3v) is 4.46. The molecule has 2 N–H and O–H groups in total. The van der Waals surface area contributed by atoms with Crippen LogP contribution < -0.4 is 5.32 Å². The van der Waals surface area contributed by atoms with Gasteiger partial charge in [-0.1, -0.05) is 36.2 Å². The second-order valence-corrected chi connectivity index (χ2v) is 7.85. The number of benzene rings is 1. The van der Waals surface area contributed by atoms with Crippen molar-refractivity contribution in [3.8, 4) is 11.3 Å². The first-order valence-corrected chi connectivity index (χ1v) is 9.43. The Morgan fingerprint density at radius 2 is 1.89 bits per heavy atom. The number of unbranched alkanes of at least 4 members (excludes halogenated alkanes) is 2. The van der Waals surface area contributed by atoms with Crippen LogP contribution in [0.3, 0.4) is 0 Å². The molecule has 1 aromatic carbocycles. The molecule has 146 valence electrons. The van der Waals surface area contributed by atoms with Crippen LogP contribution in [0.5, 0.6) is 0 Å². The van der Waals surface area contributed by atoms with Gasteiger partial charge in [-0.15, -0.1) is 0 Å². The van der Waals surface area contributed by atoms with Gasteiger partial charge in [0.2, 0.25) is 0 Å². The highest BCUT2D eigenvalue weighted by molar-refractivity contribution is 6.33. The lowest BCUT2D eigenvalue weighted by Crippen LogP contribution is -2.25. The summed E-state index contributed by atoms with van der Waals surface area (Å²) in [7, 11) is 0. The molecule has 0 saturated heterocycles. The number of aliphatic carboxylic acids is 1. The smallest absolute Gasteiger partial charge is 0.303 e. The molecule has 0 saturated carbocycles. The highest BCUT2D eigenvalue weighted by Gasteiger charge is 2.23. The minimum atomic E-state index is -0.794. The maximum atomic E-state index is 12.7. The van der Waals surface area contributed by atoms with Crippen molar-refractivity contribution in [1.82, 2.24) is 15.1 Å². The number of nitrogens with zero attached hydrogens (tertiary/aromatic N) is 2. The van der Waals surface area contributed by atoms with E-state index in [0.29, 0.717) is 34.8 Å². The number of nitrogens with one attached hydrogen (secondary N) is 1. The number of hydrogen-bond donors (Lipinski definition) is 2. The van der Waals surface area contributed by atoms with Crippen LogP contribution in [0.2, 0.25) is 5.02 Å². The minimum absolute atomic E-state index is 0.156. The lowest BCUT2D eigenvalue weighted by molar-refractivity contribution is -0.137. The average molecular weight is 392 g/mol. The number of aromatic nitrogens is 2. The molecule has 0 unspecified atom stereocenters. The van der Waals surface area contributed by atoms with Crippen LogP contribution in [0, 0.1) is 0 Å². The summed E-state index contributed by atoms with van der Waals surface area (Å²) in [5.74, 6) is -1.00. The van der Waals surface area contributed by atoms with E-state index in [0.717, 1.165) is 12.8 Å². The molecular weight excluding hydrogens is 366 g/mol. The van der Waals surface area contributed by atoms with Crippen LogP contribution in [0.25, 0.3) is 11.3 Å². The topological polar surface area (TPSA) is 84.2 Å². The predicted molar refractivity (Wildman–Crippen MR) is 106 cm³/mol. The SMILES string of the molecule is CC(C)(C)n1cc(C(=O)NCCCCCC(=O)O)c(-c2ccccc2Cl)n1. The maximum Gasteiger partial charge on any atom is 0.303 e. The van der Waals surface area contributed by atoms with Crippen LogP contribution in [0.4, 0.5) is 0 Å². The van der Waals surface area contributed by atoms with Crippen molar-refractivity contribution < 1.29 is 14.7 Å². The number of hydrogen-bond acceptors (Lipinski definition) is 3. The molecule has 2 aromatic rings. The highest BCUT2D eigenvalue weighted by Crippen LogP contribution is 2.30. The van der Waals surface area contributed by atoms with E-state index in [1.165, 1.54) is 0 Å². The summed E-state index contributed by atoms with van der Waals surface area (Å²) in [6.07, 6.45) is 4.00. The third kappa shape index (κ3) is 5.82. The van der Waals surface area contributed by atoms with E-state index in [4.69, 9.17) is 16.7 Å². The summed E-state index contributed by atoms with van der Waals surface area (Å²) >= 11 is 6.32. The van der Waals surface area contributed by atoms with E-state index in [1.54, 1.807) is 16.9 Å². The fraction of sp³-hybridized carbons (Fsp3) is 0.450. The number of carbonyl (C=O) groups excluding carboxylic acids is 1. The zero-order chi connectivity index (χ0) is 20.0. The van der Waals surface area contributed by atoms with Crippen LogP contribution >= 0.6 is 11.6 Å². The van der Waals surface area contributed by atoms with Gasteiger partial charge in [0.05, 0.1) is 16.1 Å². The van der Waals surface area contributed by atoms with Crippen molar-refractivity contribution in [2.45, 2.75) is 52.0 Å². The van der Waals surface area contributed by atoms with Gasteiger partial charge in [0.1, 0.15) is 5.69 Å². The van der Waals surface area contributed by atoms with E-state index in [9.17, 15) is 9.59 Å². The summed E-state index contributed by atoms with van der Waals surface area (Å²) < 4.78 is 1.77. The van der Waals surface area contributed by atoms with E-state index < -0.39 is 5.97 Å². The predicted octanol–water partition coefficient (Wildman–Crippen LogP) is 4.33. The number of halogens is 1. The molecule has 0 fully saturated rings. The normalized spacial score (nSPS) is 11.4. The van der Waals surface area contributed by atoms with Crippen molar-refractivity contribution in [3.63, 3.8) is 0 Å². The van der Waals surface area contributed by atoms with Crippen molar-refractivity contribution >= 4 is 23.5 Å². The van der Waals surface area contributed by atoms with Gasteiger partial charge in [0, 0.05) is 24.7 Å². The summed E-state index contributed by atoms with van der Waals surface area (Å²) in [5.41, 5.74) is 1.47. The zero-order valence-corrected chi connectivity index (χ0v) is 16.7.